The molecule has 19 heavy (non-hydrogen) atoms. The molecule has 3 nitrogen and oxygen atoms in total. The molecule has 1 unspecified atom stereocenters. The Kier molecular flexibility index (Phi) is 6.92. The lowest BCUT2D eigenvalue weighted by Gasteiger charge is -2.07. The van der Waals surface area contributed by atoms with Crippen LogP contribution in [0.25, 0.3) is 6.08 Å². The third kappa shape index (κ3) is 6.10. The average Bonchev–Trinajstić information content (AvgIpc) is 2.39. The van der Waals surface area contributed by atoms with Crippen LogP contribution in [0, 0.1) is 0 Å². The molecule has 5 heteroatoms. The second kappa shape index (κ2) is 8.20. The number of carbonyl (C=O) groups is 1. The van der Waals surface area contributed by atoms with Crippen molar-refractivity contribution in [2.24, 2.45) is 0 Å². The van der Waals surface area contributed by atoms with Gasteiger partial charge in [-0.1, -0.05) is 30.1 Å². The maximum Gasteiger partial charge on any atom is 0.244 e. The number of benzene rings is 1. The van der Waals surface area contributed by atoms with E-state index in [9.17, 15) is 9.90 Å². The third-order valence-corrected chi connectivity index (χ3v) is 3.20. The normalized spacial score (nSPS) is 12.6. The first kappa shape index (κ1) is 16.0. The van der Waals surface area contributed by atoms with Crippen LogP contribution < -0.4 is 5.32 Å². The van der Waals surface area contributed by atoms with Gasteiger partial charge in [0.1, 0.15) is 0 Å². The molecule has 1 amide bonds. The Hall–Kier alpha value is -1.03. The Labute approximate surface area is 123 Å². The van der Waals surface area contributed by atoms with E-state index in [1.807, 2.05) is 6.92 Å². The van der Waals surface area contributed by atoms with E-state index in [4.69, 9.17) is 23.2 Å². The maximum atomic E-state index is 11.5. The summed E-state index contributed by atoms with van der Waals surface area (Å²) < 4.78 is 0. The van der Waals surface area contributed by atoms with Gasteiger partial charge in [0, 0.05) is 22.7 Å². The minimum atomic E-state index is -0.369. The standard InChI is InChI=1S/C14H17Cl2NO2/c1-2-12(18)7-8-17-14(19)6-3-10-9-11(15)4-5-13(10)16/h3-6,9,12,18H,2,7-8H2,1H3,(H,17,19)/b6-3+. The van der Waals surface area contributed by atoms with E-state index < -0.39 is 0 Å². The fraction of sp³-hybridized carbons (Fsp3) is 0.357. The molecule has 0 aromatic heterocycles. The second-order valence-corrected chi connectivity index (χ2v) is 4.98. The minimum absolute atomic E-state index is 0.223. The molecule has 1 aromatic rings. The lowest BCUT2D eigenvalue weighted by Crippen LogP contribution is -2.25. The molecule has 0 radical (unpaired) electrons. The zero-order chi connectivity index (χ0) is 14.3. The molecule has 1 rings (SSSR count). The largest absolute Gasteiger partial charge is 0.393 e. The van der Waals surface area contributed by atoms with Gasteiger partial charge in [-0.25, -0.2) is 0 Å². The number of aliphatic hydroxyl groups is 1. The lowest BCUT2D eigenvalue weighted by molar-refractivity contribution is -0.116. The second-order valence-electron chi connectivity index (χ2n) is 4.14. The van der Waals surface area contributed by atoms with Gasteiger partial charge in [-0.2, -0.15) is 0 Å². The highest BCUT2D eigenvalue weighted by Crippen LogP contribution is 2.21. The zero-order valence-electron chi connectivity index (χ0n) is 10.7. The topological polar surface area (TPSA) is 49.3 Å². The summed E-state index contributed by atoms with van der Waals surface area (Å²) in [6.07, 6.45) is 3.87. The van der Waals surface area contributed by atoms with Gasteiger partial charge in [-0.15, -0.1) is 0 Å². The number of amides is 1. The molecule has 0 aliphatic rings. The lowest BCUT2D eigenvalue weighted by atomic mass is 10.2. The number of hydrogen-bond donors (Lipinski definition) is 2. The summed E-state index contributed by atoms with van der Waals surface area (Å²) in [5, 5.41) is 13.1. The van der Waals surface area contributed by atoms with Gasteiger partial charge in [0.15, 0.2) is 0 Å². The smallest absolute Gasteiger partial charge is 0.244 e. The van der Waals surface area contributed by atoms with Gasteiger partial charge >= 0.3 is 0 Å². The fourth-order valence-corrected chi connectivity index (χ4v) is 1.79. The number of hydrogen-bond acceptors (Lipinski definition) is 2. The van der Waals surface area contributed by atoms with Crippen LogP contribution in [0.2, 0.25) is 10.0 Å². The monoisotopic (exact) mass is 301 g/mol. The van der Waals surface area contributed by atoms with Crippen molar-refractivity contribution in [1.82, 2.24) is 5.32 Å². The van der Waals surface area contributed by atoms with Crippen molar-refractivity contribution in [2.45, 2.75) is 25.9 Å². The van der Waals surface area contributed by atoms with E-state index >= 15 is 0 Å². The zero-order valence-corrected chi connectivity index (χ0v) is 12.2. The summed E-state index contributed by atoms with van der Waals surface area (Å²) in [7, 11) is 0. The molecule has 0 saturated heterocycles. The SMILES string of the molecule is CCC(O)CCNC(=O)/C=C/c1cc(Cl)ccc1Cl. The Bertz CT molecular complexity index is 461. The third-order valence-electron chi connectivity index (χ3n) is 2.62. The Morgan fingerprint density at radius 2 is 2.21 bits per heavy atom. The molecule has 1 atom stereocenters. The van der Waals surface area contributed by atoms with E-state index in [0.717, 1.165) is 0 Å². The molecule has 0 fully saturated rings. The van der Waals surface area contributed by atoms with E-state index in [0.29, 0.717) is 35.0 Å². The summed E-state index contributed by atoms with van der Waals surface area (Å²) in [6, 6.07) is 5.06. The van der Waals surface area contributed by atoms with Gasteiger partial charge in [0.05, 0.1) is 6.10 Å². The van der Waals surface area contributed by atoms with Crippen molar-refractivity contribution >= 4 is 35.2 Å². The van der Waals surface area contributed by atoms with Crippen LogP contribution in [0.1, 0.15) is 25.3 Å². The highest BCUT2D eigenvalue weighted by atomic mass is 35.5. The first-order chi connectivity index (χ1) is 9.02. The summed E-state index contributed by atoms with van der Waals surface area (Å²) in [6.45, 7) is 2.34. The highest BCUT2D eigenvalue weighted by Gasteiger charge is 2.02. The predicted octanol–water partition coefficient (Wildman–Crippen LogP) is 3.28. The van der Waals surface area contributed by atoms with E-state index in [2.05, 4.69) is 5.32 Å². The first-order valence-corrected chi connectivity index (χ1v) is 6.87. The van der Waals surface area contributed by atoms with E-state index in [1.54, 1.807) is 24.3 Å². The average molecular weight is 302 g/mol. The highest BCUT2D eigenvalue weighted by molar-refractivity contribution is 6.34. The maximum absolute atomic E-state index is 11.5. The number of carbonyl (C=O) groups excluding carboxylic acids is 1. The number of nitrogens with one attached hydrogen (secondary N) is 1. The molecular weight excluding hydrogens is 285 g/mol. The van der Waals surface area contributed by atoms with Crippen LogP contribution in [0.5, 0.6) is 0 Å². The van der Waals surface area contributed by atoms with Crippen LogP contribution in [-0.4, -0.2) is 23.7 Å². The molecule has 0 aliphatic carbocycles. The molecule has 1 aromatic carbocycles. The van der Waals surface area contributed by atoms with E-state index in [1.165, 1.54) is 6.08 Å². The summed E-state index contributed by atoms with van der Waals surface area (Å²) in [4.78, 5) is 11.5. The van der Waals surface area contributed by atoms with Gasteiger partial charge in [-0.05, 0) is 42.7 Å². The van der Waals surface area contributed by atoms with Crippen LogP contribution >= 0.6 is 23.2 Å². The van der Waals surface area contributed by atoms with Crippen molar-refractivity contribution in [1.29, 1.82) is 0 Å². The van der Waals surface area contributed by atoms with Crippen molar-refractivity contribution in [2.75, 3.05) is 6.54 Å². The number of rotatable bonds is 6. The predicted molar refractivity (Wildman–Crippen MR) is 79.4 cm³/mol. The van der Waals surface area contributed by atoms with Crippen molar-refractivity contribution in [3.05, 3.63) is 39.9 Å². The van der Waals surface area contributed by atoms with Crippen LogP contribution in [-0.2, 0) is 4.79 Å². The van der Waals surface area contributed by atoms with Crippen LogP contribution in [0.15, 0.2) is 24.3 Å². The summed E-state index contributed by atoms with van der Waals surface area (Å²) in [5.74, 6) is -0.223. The van der Waals surface area contributed by atoms with Gasteiger partial charge in [0.2, 0.25) is 5.91 Å². The van der Waals surface area contributed by atoms with Gasteiger partial charge < -0.3 is 10.4 Å². The number of halogens is 2. The molecule has 0 spiro atoms. The van der Waals surface area contributed by atoms with Crippen LogP contribution in [0.3, 0.4) is 0 Å². The van der Waals surface area contributed by atoms with Gasteiger partial charge in [0.25, 0.3) is 0 Å². The number of aliphatic hydroxyl groups excluding tert-OH is 1. The summed E-state index contributed by atoms with van der Waals surface area (Å²) in [5.41, 5.74) is 0.693. The quantitative estimate of drug-likeness (QED) is 0.792. The molecule has 0 bridgehead atoms. The first-order valence-electron chi connectivity index (χ1n) is 6.12. The van der Waals surface area contributed by atoms with Crippen LogP contribution in [0.4, 0.5) is 0 Å². The molecule has 0 aliphatic heterocycles. The minimum Gasteiger partial charge on any atom is -0.393 e. The Morgan fingerprint density at radius 3 is 2.89 bits per heavy atom. The Balaban J connectivity index is 2.47. The van der Waals surface area contributed by atoms with Crippen molar-refractivity contribution in [3.63, 3.8) is 0 Å². The Morgan fingerprint density at radius 1 is 1.47 bits per heavy atom. The molecule has 104 valence electrons. The van der Waals surface area contributed by atoms with E-state index in [-0.39, 0.29) is 12.0 Å². The van der Waals surface area contributed by atoms with Crippen molar-refractivity contribution in [3.8, 4) is 0 Å². The van der Waals surface area contributed by atoms with Crippen molar-refractivity contribution < 1.29 is 9.90 Å². The molecular formula is C14H17Cl2NO2. The van der Waals surface area contributed by atoms with Gasteiger partial charge in [-0.3, -0.25) is 4.79 Å². The fourth-order valence-electron chi connectivity index (χ4n) is 1.43. The molecule has 0 heterocycles. The molecule has 2 N–H and O–H groups in total. The molecule has 0 saturated carbocycles. The summed E-state index contributed by atoms with van der Waals surface area (Å²) >= 11 is 11.8.